The number of piperidine rings is 1. The van der Waals surface area contributed by atoms with E-state index in [9.17, 15) is 9.90 Å². The number of carbonyl (C=O) groups is 1. The van der Waals surface area contributed by atoms with Gasteiger partial charge in [-0.2, -0.15) is 0 Å². The fourth-order valence-electron chi connectivity index (χ4n) is 6.55. The zero-order chi connectivity index (χ0) is 21.5. The number of methoxy groups -OCH3 is 1. The minimum Gasteiger partial charge on any atom is -0.494 e. The third-order valence-electron chi connectivity index (χ3n) is 8.15. The van der Waals surface area contributed by atoms with Gasteiger partial charge in [-0.1, -0.05) is 18.5 Å². The van der Waals surface area contributed by atoms with Crippen LogP contribution in [-0.4, -0.2) is 51.2 Å². The number of rotatable bonds is 3. The van der Waals surface area contributed by atoms with E-state index in [1.807, 2.05) is 20.0 Å². The molecule has 4 unspecified atom stereocenters. The molecule has 5 rings (SSSR count). The third kappa shape index (κ3) is 2.72. The Morgan fingerprint density at radius 1 is 1.43 bits per heavy atom. The van der Waals surface area contributed by atoms with Crippen molar-refractivity contribution in [2.45, 2.75) is 69.9 Å². The number of carbonyl (C=O) groups excluding carboxylic acids is 1. The number of ether oxygens (including phenoxy) is 1. The summed E-state index contributed by atoms with van der Waals surface area (Å²) in [6.07, 6.45) is 7.81. The second-order valence-electron chi connectivity index (χ2n) is 10.5. The Labute approximate surface area is 181 Å². The van der Waals surface area contributed by atoms with Crippen LogP contribution in [0.1, 0.15) is 58.4 Å². The van der Waals surface area contributed by atoms with Crippen molar-refractivity contribution in [2.75, 3.05) is 13.7 Å². The van der Waals surface area contributed by atoms with E-state index in [2.05, 4.69) is 21.8 Å². The SMILES string of the molecule is COc1cnc2[nH]cc(C(C)(C)C(=O)N3CC4CCC5(O)CC3CC4(C)C5)c2c1Cl. The van der Waals surface area contributed by atoms with Crippen molar-refractivity contribution in [1.29, 1.82) is 0 Å². The number of H-pyrrole nitrogens is 1. The molecule has 162 valence electrons. The number of aromatic nitrogens is 2. The summed E-state index contributed by atoms with van der Waals surface area (Å²) in [7, 11) is 1.56. The average Bonchev–Trinajstić information content (AvgIpc) is 3.11. The number of hydrogen-bond acceptors (Lipinski definition) is 4. The summed E-state index contributed by atoms with van der Waals surface area (Å²) < 4.78 is 5.35. The number of amides is 1. The van der Waals surface area contributed by atoms with Gasteiger partial charge in [-0.15, -0.1) is 0 Å². The van der Waals surface area contributed by atoms with Gasteiger partial charge in [-0.25, -0.2) is 4.98 Å². The van der Waals surface area contributed by atoms with Crippen LogP contribution in [0.2, 0.25) is 5.02 Å². The van der Waals surface area contributed by atoms with E-state index in [0.717, 1.165) is 43.2 Å². The van der Waals surface area contributed by atoms with Crippen molar-refractivity contribution in [3.05, 3.63) is 23.0 Å². The number of likely N-dealkylation sites (tertiary alicyclic amines) is 1. The van der Waals surface area contributed by atoms with Gasteiger partial charge in [0, 0.05) is 24.2 Å². The molecule has 3 heterocycles. The van der Waals surface area contributed by atoms with Gasteiger partial charge in [0.2, 0.25) is 5.91 Å². The summed E-state index contributed by atoms with van der Waals surface area (Å²) in [5.41, 5.74) is 0.195. The fraction of sp³-hybridized carbons (Fsp3) is 0.652. The molecule has 7 heteroatoms. The van der Waals surface area contributed by atoms with Crippen LogP contribution in [-0.2, 0) is 10.2 Å². The number of nitrogens with one attached hydrogen (secondary N) is 1. The van der Waals surface area contributed by atoms with Gasteiger partial charge < -0.3 is 19.7 Å². The van der Waals surface area contributed by atoms with Crippen molar-refractivity contribution in [1.82, 2.24) is 14.9 Å². The summed E-state index contributed by atoms with van der Waals surface area (Å²) in [6.45, 7) is 6.99. The van der Waals surface area contributed by atoms with Gasteiger partial charge in [-0.05, 0) is 62.8 Å². The first-order chi connectivity index (χ1) is 14.1. The second-order valence-corrected chi connectivity index (χ2v) is 10.9. The normalized spacial score (nSPS) is 33.2. The van der Waals surface area contributed by atoms with Crippen molar-refractivity contribution < 1.29 is 14.6 Å². The Balaban J connectivity index is 1.53. The number of hydrogen-bond donors (Lipinski definition) is 2. The first-order valence-electron chi connectivity index (χ1n) is 10.8. The molecule has 2 aliphatic carbocycles. The quantitative estimate of drug-likeness (QED) is 0.768. The monoisotopic (exact) mass is 431 g/mol. The van der Waals surface area contributed by atoms with E-state index in [1.54, 1.807) is 13.3 Å². The molecule has 3 aliphatic rings. The van der Waals surface area contributed by atoms with Crippen LogP contribution in [0.25, 0.3) is 11.0 Å². The maximum Gasteiger partial charge on any atom is 0.233 e. The van der Waals surface area contributed by atoms with E-state index in [-0.39, 0.29) is 17.4 Å². The fourth-order valence-corrected chi connectivity index (χ4v) is 6.87. The molecule has 6 nitrogen and oxygen atoms in total. The molecule has 1 aliphatic heterocycles. The maximum atomic E-state index is 13.9. The highest BCUT2D eigenvalue weighted by atomic mass is 35.5. The van der Waals surface area contributed by atoms with Gasteiger partial charge in [0.25, 0.3) is 0 Å². The van der Waals surface area contributed by atoms with Crippen LogP contribution >= 0.6 is 11.6 Å². The minimum atomic E-state index is -0.789. The molecule has 1 saturated heterocycles. The molecular formula is C23H30ClN3O3. The van der Waals surface area contributed by atoms with Gasteiger partial charge >= 0.3 is 0 Å². The lowest BCUT2D eigenvalue weighted by Gasteiger charge is -2.62. The number of aromatic amines is 1. The van der Waals surface area contributed by atoms with Crippen molar-refractivity contribution in [3.63, 3.8) is 0 Å². The van der Waals surface area contributed by atoms with Gasteiger partial charge in [-0.3, -0.25) is 4.79 Å². The molecule has 0 radical (unpaired) electrons. The standard InChI is InChI=1S/C23H30ClN3O3/c1-21(2,15-9-25-19-17(15)18(24)16(30-4)10-26-19)20(28)27-11-13-5-6-23(29)8-14(27)7-22(13,3)12-23/h9-10,13-14,29H,5-8,11-12H2,1-4H3,(H,25,26). The van der Waals surface area contributed by atoms with Crippen LogP contribution < -0.4 is 4.74 Å². The van der Waals surface area contributed by atoms with Gasteiger partial charge in [0.1, 0.15) is 5.65 Å². The zero-order valence-corrected chi connectivity index (χ0v) is 18.8. The first-order valence-corrected chi connectivity index (χ1v) is 11.2. The molecule has 1 amide bonds. The Morgan fingerprint density at radius 3 is 2.93 bits per heavy atom. The number of fused-ring (bicyclic) bond motifs is 3. The summed E-state index contributed by atoms with van der Waals surface area (Å²) in [6, 6.07) is 0.0883. The summed E-state index contributed by atoms with van der Waals surface area (Å²) >= 11 is 6.61. The van der Waals surface area contributed by atoms with E-state index < -0.39 is 11.0 Å². The molecule has 4 atom stereocenters. The molecular weight excluding hydrogens is 402 g/mol. The average molecular weight is 432 g/mol. The third-order valence-corrected chi connectivity index (χ3v) is 8.52. The molecule has 2 aromatic heterocycles. The van der Waals surface area contributed by atoms with Crippen LogP contribution in [0.3, 0.4) is 0 Å². The summed E-state index contributed by atoms with van der Waals surface area (Å²) in [5.74, 6) is 1.03. The van der Waals surface area contributed by atoms with E-state index in [0.29, 0.717) is 28.8 Å². The smallest absolute Gasteiger partial charge is 0.233 e. The highest BCUT2D eigenvalue weighted by Crippen LogP contribution is 2.58. The van der Waals surface area contributed by atoms with E-state index in [4.69, 9.17) is 16.3 Å². The van der Waals surface area contributed by atoms with Crippen molar-refractivity contribution >= 4 is 28.5 Å². The highest BCUT2D eigenvalue weighted by Gasteiger charge is 2.58. The van der Waals surface area contributed by atoms with Crippen LogP contribution in [0.5, 0.6) is 5.75 Å². The van der Waals surface area contributed by atoms with E-state index in [1.165, 1.54) is 0 Å². The predicted octanol–water partition coefficient (Wildman–Crippen LogP) is 4.04. The molecule has 3 bridgehead atoms. The molecule has 0 spiro atoms. The molecule has 2 N–H and O–H groups in total. The molecule has 30 heavy (non-hydrogen) atoms. The number of pyridine rings is 1. The van der Waals surface area contributed by atoms with Gasteiger partial charge in [0.15, 0.2) is 5.75 Å². The lowest BCUT2D eigenvalue weighted by molar-refractivity contribution is -0.180. The topological polar surface area (TPSA) is 78.5 Å². The Bertz CT molecular complexity index is 1030. The number of aliphatic hydroxyl groups is 1. The minimum absolute atomic E-state index is 0.0883. The van der Waals surface area contributed by atoms with Crippen molar-refractivity contribution in [2.24, 2.45) is 11.3 Å². The number of halogens is 1. The van der Waals surface area contributed by atoms with Crippen LogP contribution in [0, 0.1) is 11.3 Å². The first kappa shape index (κ1) is 20.1. The molecule has 0 aromatic carbocycles. The second kappa shape index (κ2) is 6.36. The zero-order valence-electron chi connectivity index (χ0n) is 18.1. The maximum absolute atomic E-state index is 13.9. The molecule has 2 saturated carbocycles. The number of nitrogens with zero attached hydrogens (tertiary/aromatic N) is 2. The summed E-state index contributed by atoms with van der Waals surface area (Å²) in [4.78, 5) is 23.6. The van der Waals surface area contributed by atoms with Crippen molar-refractivity contribution in [3.8, 4) is 5.75 Å². The largest absolute Gasteiger partial charge is 0.494 e. The van der Waals surface area contributed by atoms with Crippen LogP contribution in [0.15, 0.2) is 12.4 Å². The highest BCUT2D eigenvalue weighted by molar-refractivity contribution is 6.37. The predicted molar refractivity (Wildman–Crippen MR) is 116 cm³/mol. The van der Waals surface area contributed by atoms with E-state index >= 15 is 0 Å². The molecule has 2 aromatic rings. The lowest BCUT2D eigenvalue weighted by Crippen LogP contribution is -2.65. The Morgan fingerprint density at radius 2 is 2.20 bits per heavy atom. The molecule has 3 fully saturated rings. The lowest BCUT2D eigenvalue weighted by atomic mass is 9.52. The van der Waals surface area contributed by atoms with Gasteiger partial charge in [0.05, 0.1) is 29.3 Å². The Kier molecular flexibility index (Phi) is 4.27. The summed E-state index contributed by atoms with van der Waals surface area (Å²) in [5, 5.41) is 12.3. The Hall–Kier alpha value is -1.79. The van der Waals surface area contributed by atoms with Crippen LogP contribution in [0.4, 0.5) is 0 Å².